The van der Waals surface area contributed by atoms with Gasteiger partial charge in [-0.3, -0.25) is 11.3 Å². The molecule has 18 heavy (non-hydrogen) atoms. The van der Waals surface area contributed by atoms with Crippen molar-refractivity contribution >= 4 is 0 Å². The number of nitrogens with one attached hydrogen (secondary N) is 1. The van der Waals surface area contributed by atoms with Gasteiger partial charge >= 0.3 is 0 Å². The normalized spacial score (nSPS) is 18.7. The number of benzene rings is 1. The van der Waals surface area contributed by atoms with Crippen molar-refractivity contribution in [1.29, 1.82) is 0 Å². The number of rotatable bonds is 6. The van der Waals surface area contributed by atoms with Gasteiger partial charge in [-0.25, -0.2) is 0 Å². The summed E-state index contributed by atoms with van der Waals surface area (Å²) in [6.45, 7) is 7.04. The number of hydrogen-bond acceptors (Lipinski definition) is 3. The molecule has 0 heterocycles. The van der Waals surface area contributed by atoms with Gasteiger partial charge in [0.25, 0.3) is 0 Å². The minimum absolute atomic E-state index is 0.0948. The van der Waals surface area contributed by atoms with Crippen LogP contribution < -0.4 is 11.3 Å². The summed E-state index contributed by atoms with van der Waals surface area (Å²) in [5.41, 5.74) is 6.77. The van der Waals surface area contributed by atoms with E-state index in [0.29, 0.717) is 5.92 Å². The van der Waals surface area contributed by atoms with Crippen LogP contribution in [0.1, 0.15) is 42.5 Å². The molecule has 1 saturated carbocycles. The first kappa shape index (κ1) is 13.5. The van der Waals surface area contributed by atoms with Gasteiger partial charge in [-0.2, -0.15) is 0 Å². The Morgan fingerprint density at radius 3 is 2.67 bits per heavy atom. The Labute approximate surface area is 110 Å². The van der Waals surface area contributed by atoms with Gasteiger partial charge in [0.1, 0.15) is 0 Å². The molecule has 1 aliphatic rings. The van der Waals surface area contributed by atoms with Gasteiger partial charge in [0.05, 0.1) is 12.1 Å². The first-order chi connectivity index (χ1) is 8.67. The van der Waals surface area contributed by atoms with E-state index in [1.807, 2.05) is 6.92 Å². The number of ether oxygens (including phenoxy) is 1. The fraction of sp³-hybridized carbons (Fsp3) is 0.600. The van der Waals surface area contributed by atoms with Gasteiger partial charge in [0.15, 0.2) is 0 Å². The maximum absolute atomic E-state index is 5.93. The summed E-state index contributed by atoms with van der Waals surface area (Å²) in [4.78, 5) is 0. The van der Waals surface area contributed by atoms with Gasteiger partial charge in [0.2, 0.25) is 0 Å². The Hall–Kier alpha value is -0.900. The van der Waals surface area contributed by atoms with E-state index in [0.717, 1.165) is 6.61 Å². The van der Waals surface area contributed by atoms with E-state index in [-0.39, 0.29) is 12.1 Å². The molecule has 0 spiro atoms. The average Bonchev–Trinajstić information content (AvgIpc) is 3.17. The van der Waals surface area contributed by atoms with Crippen molar-refractivity contribution in [3.63, 3.8) is 0 Å². The Kier molecular flexibility index (Phi) is 4.38. The molecule has 2 rings (SSSR count). The molecule has 0 radical (unpaired) electrons. The summed E-state index contributed by atoms with van der Waals surface area (Å²) in [6.07, 6.45) is 2.71. The SMILES string of the molecule is CCOC(C1CC1)C(NN)c1cc(C)ccc1C. The lowest BCUT2D eigenvalue weighted by Gasteiger charge is -2.28. The van der Waals surface area contributed by atoms with E-state index in [1.54, 1.807) is 0 Å². The van der Waals surface area contributed by atoms with Crippen LogP contribution in [0, 0.1) is 19.8 Å². The zero-order valence-electron chi connectivity index (χ0n) is 11.6. The van der Waals surface area contributed by atoms with Crippen molar-refractivity contribution in [3.05, 3.63) is 34.9 Å². The van der Waals surface area contributed by atoms with Crippen molar-refractivity contribution in [2.45, 2.75) is 45.8 Å². The van der Waals surface area contributed by atoms with Gasteiger partial charge in [0, 0.05) is 6.61 Å². The first-order valence-electron chi connectivity index (χ1n) is 6.82. The molecule has 0 bridgehead atoms. The molecule has 1 aliphatic carbocycles. The molecule has 3 N–H and O–H groups in total. The third-order valence-electron chi connectivity index (χ3n) is 3.72. The minimum atomic E-state index is 0.0948. The number of hydrogen-bond donors (Lipinski definition) is 2. The predicted octanol–water partition coefficient (Wildman–Crippen LogP) is 2.62. The van der Waals surface area contributed by atoms with Gasteiger partial charge < -0.3 is 4.74 Å². The highest BCUT2D eigenvalue weighted by Crippen LogP contribution is 2.40. The van der Waals surface area contributed by atoms with E-state index in [9.17, 15) is 0 Å². The lowest BCUT2D eigenvalue weighted by Crippen LogP contribution is -2.39. The van der Waals surface area contributed by atoms with Crippen LogP contribution in [0.25, 0.3) is 0 Å². The highest BCUT2D eigenvalue weighted by molar-refractivity contribution is 5.34. The number of hydrazine groups is 1. The van der Waals surface area contributed by atoms with Gasteiger partial charge in [-0.05, 0) is 50.7 Å². The summed E-state index contributed by atoms with van der Waals surface area (Å²) >= 11 is 0. The molecule has 0 aliphatic heterocycles. The van der Waals surface area contributed by atoms with Crippen molar-refractivity contribution in [1.82, 2.24) is 5.43 Å². The van der Waals surface area contributed by atoms with E-state index in [1.165, 1.54) is 29.5 Å². The number of aryl methyl sites for hydroxylation is 2. The fourth-order valence-electron chi connectivity index (χ4n) is 2.58. The van der Waals surface area contributed by atoms with Crippen molar-refractivity contribution in [2.24, 2.45) is 11.8 Å². The molecule has 1 aromatic carbocycles. The predicted molar refractivity (Wildman–Crippen MR) is 74.1 cm³/mol. The Balaban J connectivity index is 2.27. The summed E-state index contributed by atoms with van der Waals surface area (Å²) in [6, 6.07) is 6.61. The van der Waals surface area contributed by atoms with Crippen LogP contribution in [0.15, 0.2) is 18.2 Å². The summed E-state index contributed by atoms with van der Waals surface area (Å²) < 4.78 is 5.93. The smallest absolute Gasteiger partial charge is 0.0810 e. The highest BCUT2D eigenvalue weighted by atomic mass is 16.5. The van der Waals surface area contributed by atoms with Gasteiger partial charge in [-0.1, -0.05) is 23.8 Å². The topological polar surface area (TPSA) is 47.3 Å². The van der Waals surface area contributed by atoms with Crippen LogP contribution in [-0.4, -0.2) is 12.7 Å². The summed E-state index contributed by atoms with van der Waals surface area (Å²) in [7, 11) is 0. The third kappa shape index (κ3) is 2.91. The van der Waals surface area contributed by atoms with E-state index in [4.69, 9.17) is 10.6 Å². The molecule has 1 fully saturated rings. The number of nitrogens with two attached hydrogens (primary N) is 1. The maximum Gasteiger partial charge on any atom is 0.0810 e. The van der Waals surface area contributed by atoms with Crippen LogP contribution in [0.5, 0.6) is 0 Å². The van der Waals surface area contributed by atoms with Crippen molar-refractivity contribution in [2.75, 3.05) is 6.61 Å². The molecule has 0 amide bonds. The second kappa shape index (κ2) is 5.83. The zero-order chi connectivity index (χ0) is 13.1. The summed E-state index contributed by atoms with van der Waals surface area (Å²) in [5, 5.41) is 0. The largest absolute Gasteiger partial charge is 0.376 e. The average molecular weight is 248 g/mol. The molecular formula is C15H24N2O. The monoisotopic (exact) mass is 248 g/mol. The van der Waals surface area contributed by atoms with Crippen LogP contribution in [0.2, 0.25) is 0 Å². The van der Waals surface area contributed by atoms with Crippen LogP contribution in [-0.2, 0) is 4.74 Å². The molecular weight excluding hydrogens is 224 g/mol. The molecule has 0 saturated heterocycles. The molecule has 100 valence electrons. The first-order valence-corrected chi connectivity index (χ1v) is 6.82. The van der Waals surface area contributed by atoms with Crippen molar-refractivity contribution < 1.29 is 4.74 Å². The molecule has 1 aromatic rings. The summed E-state index contributed by atoms with van der Waals surface area (Å²) in [5.74, 6) is 6.45. The maximum atomic E-state index is 5.93. The zero-order valence-corrected chi connectivity index (χ0v) is 11.6. The van der Waals surface area contributed by atoms with Crippen molar-refractivity contribution in [3.8, 4) is 0 Å². The quantitative estimate of drug-likeness (QED) is 0.601. The second-order valence-corrected chi connectivity index (χ2v) is 5.26. The third-order valence-corrected chi connectivity index (χ3v) is 3.72. The molecule has 3 nitrogen and oxygen atoms in total. The van der Waals surface area contributed by atoms with Crippen LogP contribution in [0.4, 0.5) is 0 Å². The van der Waals surface area contributed by atoms with Crippen LogP contribution >= 0.6 is 0 Å². The lowest BCUT2D eigenvalue weighted by atomic mass is 9.93. The van der Waals surface area contributed by atoms with Gasteiger partial charge in [-0.15, -0.1) is 0 Å². The molecule has 2 unspecified atom stereocenters. The van der Waals surface area contributed by atoms with E-state index in [2.05, 4.69) is 37.5 Å². The van der Waals surface area contributed by atoms with E-state index < -0.39 is 0 Å². The molecule has 3 heteroatoms. The Morgan fingerprint density at radius 1 is 1.39 bits per heavy atom. The standard InChI is InChI=1S/C15H24N2O/c1-4-18-15(12-7-8-12)14(17-16)13-9-10(2)5-6-11(13)3/h5-6,9,12,14-15,17H,4,7-8,16H2,1-3H3. The van der Waals surface area contributed by atoms with E-state index >= 15 is 0 Å². The highest BCUT2D eigenvalue weighted by Gasteiger charge is 2.38. The lowest BCUT2D eigenvalue weighted by molar-refractivity contribution is 0.0184. The Morgan fingerprint density at radius 2 is 2.11 bits per heavy atom. The second-order valence-electron chi connectivity index (χ2n) is 5.26. The molecule has 0 aromatic heterocycles. The fourth-order valence-corrected chi connectivity index (χ4v) is 2.58. The molecule has 2 atom stereocenters. The minimum Gasteiger partial charge on any atom is -0.376 e. The van der Waals surface area contributed by atoms with Crippen LogP contribution in [0.3, 0.4) is 0 Å². The Bertz CT molecular complexity index is 401.